The van der Waals surface area contributed by atoms with Crippen molar-refractivity contribution in [2.45, 2.75) is 32.8 Å². The van der Waals surface area contributed by atoms with Crippen LogP contribution in [0.2, 0.25) is 0 Å². The van der Waals surface area contributed by atoms with E-state index < -0.39 is 17.5 Å². The molecular formula is C12H18O5. The van der Waals surface area contributed by atoms with Crippen molar-refractivity contribution in [1.82, 2.24) is 0 Å². The zero-order valence-electron chi connectivity index (χ0n) is 10.4. The topological polar surface area (TPSA) is 72.8 Å². The third-order valence-corrected chi connectivity index (χ3v) is 2.57. The molecule has 1 aliphatic rings. The summed E-state index contributed by atoms with van der Waals surface area (Å²) in [5.74, 6) is -1.08. The summed E-state index contributed by atoms with van der Waals surface area (Å²) in [5, 5.41) is 9.97. The molecule has 0 aromatic carbocycles. The number of hydrogen-bond acceptors (Lipinski definition) is 5. The van der Waals surface area contributed by atoms with Gasteiger partial charge in [-0.15, -0.1) is 0 Å². The molecule has 5 nitrogen and oxygen atoms in total. The highest BCUT2D eigenvalue weighted by Gasteiger charge is 2.42. The molecule has 1 heterocycles. The Labute approximate surface area is 100 Å². The van der Waals surface area contributed by atoms with Crippen LogP contribution in [0.25, 0.3) is 0 Å². The summed E-state index contributed by atoms with van der Waals surface area (Å²) in [4.78, 5) is 22.9. The lowest BCUT2D eigenvalue weighted by Crippen LogP contribution is -2.41. The molecule has 96 valence electrons. The molecule has 1 rings (SSSR count). The van der Waals surface area contributed by atoms with E-state index in [-0.39, 0.29) is 18.8 Å². The highest BCUT2D eigenvalue weighted by molar-refractivity contribution is 6.00. The predicted octanol–water partition coefficient (Wildman–Crippen LogP) is 0.810. The summed E-state index contributed by atoms with van der Waals surface area (Å²) in [6.07, 6.45) is 2.11. The van der Waals surface area contributed by atoms with Gasteiger partial charge in [0.2, 0.25) is 0 Å². The summed E-state index contributed by atoms with van der Waals surface area (Å²) in [5.41, 5.74) is -1.98. The molecule has 0 aromatic heterocycles. The van der Waals surface area contributed by atoms with Crippen molar-refractivity contribution in [1.29, 1.82) is 0 Å². The minimum Gasteiger partial charge on any atom is -0.463 e. The maximum absolute atomic E-state index is 11.7. The van der Waals surface area contributed by atoms with Crippen molar-refractivity contribution in [2.75, 3.05) is 13.2 Å². The van der Waals surface area contributed by atoms with Gasteiger partial charge < -0.3 is 14.6 Å². The van der Waals surface area contributed by atoms with Gasteiger partial charge in [0.25, 0.3) is 0 Å². The van der Waals surface area contributed by atoms with E-state index in [0.29, 0.717) is 12.3 Å². The van der Waals surface area contributed by atoms with Crippen molar-refractivity contribution in [2.24, 2.45) is 5.92 Å². The van der Waals surface area contributed by atoms with Crippen LogP contribution in [0.1, 0.15) is 27.2 Å². The second-order valence-electron chi connectivity index (χ2n) is 4.61. The van der Waals surface area contributed by atoms with E-state index in [1.807, 2.05) is 13.8 Å². The molecule has 0 spiro atoms. The van der Waals surface area contributed by atoms with Gasteiger partial charge in [0.15, 0.2) is 5.60 Å². The Morgan fingerprint density at radius 1 is 1.65 bits per heavy atom. The van der Waals surface area contributed by atoms with Crippen LogP contribution in [0.4, 0.5) is 0 Å². The van der Waals surface area contributed by atoms with Gasteiger partial charge >= 0.3 is 11.9 Å². The molecule has 0 aliphatic carbocycles. The van der Waals surface area contributed by atoms with E-state index in [2.05, 4.69) is 4.74 Å². The number of esters is 2. The summed E-state index contributed by atoms with van der Waals surface area (Å²) >= 11 is 0. The molecule has 1 atom stereocenters. The SMILES string of the molecule is CC(C)CCOC(=O)[C@@](C)(O)C1=CCOC1=O. The number of cyclic esters (lactones) is 1. The van der Waals surface area contributed by atoms with Crippen LogP contribution >= 0.6 is 0 Å². The van der Waals surface area contributed by atoms with Gasteiger partial charge in [-0.3, -0.25) is 0 Å². The molecule has 0 aromatic rings. The maximum Gasteiger partial charge on any atom is 0.342 e. The van der Waals surface area contributed by atoms with Crippen molar-refractivity contribution in [3.8, 4) is 0 Å². The summed E-state index contributed by atoms with van der Waals surface area (Å²) in [7, 11) is 0. The van der Waals surface area contributed by atoms with Crippen LogP contribution in [0.3, 0.4) is 0 Å². The van der Waals surface area contributed by atoms with Crippen molar-refractivity contribution in [3.05, 3.63) is 11.6 Å². The highest BCUT2D eigenvalue weighted by atomic mass is 16.6. The average Bonchev–Trinajstić information content (AvgIpc) is 2.64. The van der Waals surface area contributed by atoms with E-state index in [0.717, 1.165) is 0 Å². The first-order valence-electron chi connectivity index (χ1n) is 5.63. The second-order valence-corrected chi connectivity index (χ2v) is 4.61. The average molecular weight is 242 g/mol. The van der Waals surface area contributed by atoms with Gasteiger partial charge in [0, 0.05) is 0 Å². The molecule has 0 fully saturated rings. The Morgan fingerprint density at radius 3 is 2.76 bits per heavy atom. The largest absolute Gasteiger partial charge is 0.463 e. The van der Waals surface area contributed by atoms with Crippen molar-refractivity contribution in [3.63, 3.8) is 0 Å². The lowest BCUT2D eigenvalue weighted by molar-refractivity contribution is -0.162. The zero-order valence-corrected chi connectivity index (χ0v) is 10.4. The van der Waals surface area contributed by atoms with Gasteiger partial charge in [0.05, 0.1) is 12.2 Å². The first-order valence-corrected chi connectivity index (χ1v) is 5.63. The standard InChI is InChI=1S/C12H18O5/c1-8(2)4-6-17-11(14)12(3,15)9-5-7-16-10(9)13/h5,8,15H,4,6-7H2,1-3H3/t12-/m0/s1. The second kappa shape index (κ2) is 5.31. The zero-order chi connectivity index (χ0) is 13.1. The Balaban J connectivity index is 2.58. The van der Waals surface area contributed by atoms with E-state index in [4.69, 9.17) is 4.74 Å². The fourth-order valence-electron chi connectivity index (χ4n) is 1.40. The summed E-state index contributed by atoms with van der Waals surface area (Å²) in [6, 6.07) is 0. The monoisotopic (exact) mass is 242 g/mol. The maximum atomic E-state index is 11.7. The van der Waals surface area contributed by atoms with Crippen LogP contribution in [0.15, 0.2) is 11.6 Å². The molecule has 0 unspecified atom stereocenters. The van der Waals surface area contributed by atoms with E-state index in [1.54, 1.807) is 0 Å². The molecule has 0 saturated carbocycles. The number of carbonyl (C=O) groups is 2. The van der Waals surface area contributed by atoms with Crippen molar-refractivity contribution < 1.29 is 24.2 Å². The summed E-state index contributed by atoms with van der Waals surface area (Å²) in [6.45, 7) is 5.56. The first kappa shape index (κ1) is 13.7. The molecule has 0 saturated heterocycles. The number of rotatable bonds is 5. The fourth-order valence-corrected chi connectivity index (χ4v) is 1.40. The molecule has 0 radical (unpaired) electrons. The van der Waals surface area contributed by atoms with E-state index >= 15 is 0 Å². The Kier molecular flexibility index (Phi) is 4.28. The Bertz CT molecular complexity index is 341. The van der Waals surface area contributed by atoms with Gasteiger partial charge in [-0.1, -0.05) is 13.8 Å². The number of ether oxygens (including phenoxy) is 2. The fraction of sp³-hybridized carbons (Fsp3) is 0.667. The van der Waals surface area contributed by atoms with Crippen molar-refractivity contribution >= 4 is 11.9 Å². The number of hydrogen-bond donors (Lipinski definition) is 1. The number of aliphatic hydroxyl groups is 1. The molecular weight excluding hydrogens is 224 g/mol. The Hall–Kier alpha value is -1.36. The molecule has 17 heavy (non-hydrogen) atoms. The third-order valence-electron chi connectivity index (χ3n) is 2.57. The minimum atomic E-state index is -1.93. The van der Waals surface area contributed by atoms with Crippen LogP contribution < -0.4 is 0 Å². The third kappa shape index (κ3) is 3.30. The lowest BCUT2D eigenvalue weighted by atomic mass is 9.96. The summed E-state index contributed by atoms with van der Waals surface area (Å²) < 4.78 is 9.59. The first-order chi connectivity index (χ1) is 7.85. The molecule has 0 amide bonds. The van der Waals surface area contributed by atoms with Gasteiger partial charge in [0.1, 0.15) is 6.61 Å². The van der Waals surface area contributed by atoms with Crippen LogP contribution in [-0.4, -0.2) is 35.9 Å². The van der Waals surface area contributed by atoms with Crippen LogP contribution in [0, 0.1) is 5.92 Å². The molecule has 5 heteroatoms. The van der Waals surface area contributed by atoms with Crippen LogP contribution in [0.5, 0.6) is 0 Å². The van der Waals surface area contributed by atoms with Crippen LogP contribution in [-0.2, 0) is 19.1 Å². The van der Waals surface area contributed by atoms with Gasteiger partial charge in [-0.25, -0.2) is 9.59 Å². The van der Waals surface area contributed by atoms with E-state index in [9.17, 15) is 14.7 Å². The normalized spacial score (nSPS) is 18.6. The smallest absolute Gasteiger partial charge is 0.342 e. The van der Waals surface area contributed by atoms with Gasteiger partial charge in [-0.2, -0.15) is 0 Å². The van der Waals surface area contributed by atoms with E-state index in [1.165, 1.54) is 13.0 Å². The Morgan fingerprint density at radius 2 is 2.29 bits per heavy atom. The quantitative estimate of drug-likeness (QED) is 0.722. The van der Waals surface area contributed by atoms with Gasteiger partial charge in [-0.05, 0) is 25.3 Å². The number of carbonyl (C=O) groups excluding carboxylic acids is 2. The predicted molar refractivity (Wildman–Crippen MR) is 60.1 cm³/mol. The molecule has 1 aliphatic heterocycles. The molecule has 1 N–H and O–H groups in total. The lowest BCUT2D eigenvalue weighted by Gasteiger charge is -2.21. The molecule has 0 bridgehead atoms. The highest BCUT2D eigenvalue weighted by Crippen LogP contribution is 2.23. The minimum absolute atomic E-state index is 0.0490.